The van der Waals surface area contributed by atoms with Crippen molar-refractivity contribution in [3.8, 4) is 5.69 Å². The number of nitrogens with zero attached hydrogens (tertiary/aromatic N) is 2. The summed E-state index contributed by atoms with van der Waals surface area (Å²) in [5.41, 5.74) is 7.75. The van der Waals surface area contributed by atoms with Crippen LogP contribution in [0, 0.1) is 5.82 Å². The molecule has 1 heterocycles. The lowest BCUT2D eigenvalue weighted by Crippen LogP contribution is -2.03. The van der Waals surface area contributed by atoms with E-state index < -0.39 is 0 Å². The molecule has 2 N–H and O–H groups in total. The third-order valence-corrected chi connectivity index (χ3v) is 3.94. The summed E-state index contributed by atoms with van der Waals surface area (Å²) >= 11 is 6.73. The molecule has 1 aromatic heterocycles. The van der Waals surface area contributed by atoms with Crippen LogP contribution >= 0.6 is 31.9 Å². The highest BCUT2D eigenvalue weighted by atomic mass is 79.9. The van der Waals surface area contributed by atoms with Crippen LogP contribution in [0.1, 0.15) is 0 Å². The molecule has 3 nitrogen and oxygen atoms in total. The minimum atomic E-state index is -0.358. The second-order valence-corrected chi connectivity index (χ2v) is 5.78. The van der Waals surface area contributed by atoms with E-state index in [0.717, 1.165) is 9.99 Å². The summed E-state index contributed by atoms with van der Waals surface area (Å²) in [4.78, 5) is 4.26. The van der Waals surface area contributed by atoms with Crippen LogP contribution in [0.25, 0.3) is 16.7 Å². The molecule has 0 saturated carbocycles. The summed E-state index contributed by atoms with van der Waals surface area (Å²) < 4.78 is 17.2. The van der Waals surface area contributed by atoms with Crippen LogP contribution in [0.2, 0.25) is 0 Å². The average molecular weight is 385 g/mol. The molecule has 0 atom stereocenters. The van der Waals surface area contributed by atoms with Crippen molar-refractivity contribution in [3.05, 3.63) is 51.2 Å². The molecule has 0 radical (unpaired) electrons. The Morgan fingerprint density at radius 2 is 1.95 bits per heavy atom. The molecular formula is C13H8Br2FN3. The Morgan fingerprint density at radius 3 is 2.68 bits per heavy atom. The van der Waals surface area contributed by atoms with Crippen LogP contribution in [0.5, 0.6) is 0 Å². The lowest BCUT2D eigenvalue weighted by molar-refractivity contribution is 0.619. The summed E-state index contributed by atoms with van der Waals surface area (Å²) in [7, 11) is 0. The Morgan fingerprint density at radius 1 is 1.16 bits per heavy atom. The summed E-state index contributed by atoms with van der Waals surface area (Å²) in [6, 6.07) is 10.4. The molecule has 2 aromatic carbocycles. The van der Waals surface area contributed by atoms with Crippen molar-refractivity contribution in [1.29, 1.82) is 0 Å². The normalized spacial score (nSPS) is 11.1. The van der Waals surface area contributed by atoms with E-state index in [-0.39, 0.29) is 11.8 Å². The van der Waals surface area contributed by atoms with Crippen molar-refractivity contribution < 1.29 is 4.39 Å². The minimum Gasteiger partial charge on any atom is -0.369 e. The van der Waals surface area contributed by atoms with Gasteiger partial charge in [-0.2, -0.15) is 0 Å². The van der Waals surface area contributed by atoms with Gasteiger partial charge < -0.3 is 5.73 Å². The van der Waals surface area contributed by atoms with E-state index in [0.29, 0.717) is 15.7 Å². The van der Waals surface area contributed by atoms with Gasteiger partial charge in [0.2, 0.25) is 5.95 Å². The molecule has 0 unspecified atom stereocenters. The van der Waals surface area contributed by atoms with E-state index in [1.807, 2.05) is 18.2 Å². The monoisotopic (exact) mass is 383 g/mol. The van der Waals surface area contributed by atoms with Crippen LogP contribution < -0.4 is 5.73 Å². The second kappa shape index (κ2) is 4.61. The van der Waals surface area contributed by atoms with E-state index in [2.05, 4.69) is 36.8 Å². The lowest BCUT2D eigenvalue weighted by atomic mass is 10.2. The van der Waals surface area contributed by atoms with Gasteiger partial charge in [0, 0.05) is 8.95 Å². The fraction of sp³-hybridized carbons (Fsp3) is 0. The number of anilines is 1. The number of imidazole rings is 1. The van der Waals surface area contributed by atoms with Crippen LogP contribution in [0.4, 0.5) is 10.3 Å². The second-order valence-electron chi connectivity index (χ2n) is 4.01. The maximum absolute atomic E-state index is 14.1. The molecule has 0 aliphatic carbocycles. The number of hydrogen-bond acceptors (Lipinski definition) is 2. The summed E-state index contributed by atoms with van der Waals surface area (Å²) in [5, 5.41) is 0. The summed E-state index contributed by atoms with van der Waals surface area (Å²) in [5.74, 6) is -0.109. The van der Waals surface area contributed by atoms with Crippen molar-refractivity contribution in [2.24, 2.45) is 0 Å². The van der Waals surface area contributed by atoms with E-state index in [1.54, 1.807) is 16.7 Å². The van der Waals surface area contributed by atoms with Gasteiger partial charge >= 0.3 is 0 Å². The number of halogens is 3. The largest absolute Gasteiger partial charge is 0.369 e. The van der Waals surface area contributed by atoms with Gasteiger partial charge in [-0.25, -0.2) is 9.37 Å². The van der Waals surface area contributed by atoms with Gasteiger partial charge in [-0.05, 0) is 46.3 Å². The van der Waals surface area contributed by atoms with Gasteiger partial charge in [-0.15, -0.1) is 0 Å². The molecule has 19 heavy (non-hydrogen) atoms. The summed E-state index contributed by atoms with van der Waals surface area (Å²) in [6.45, 7) is 0. The topological polar surface area (TPSA) is 43.8 Å². The minimum absolute atomic E-state index is 0.249. The first kappa shape index (κ1) is 12.6. The quantitative estimate of drug-likeness (QED) is 0.680. The number of para-hydroxylation sites is 1. The highest BCUT2D eigenvalue weighted by molar-refractivity contribution is 9.10. The number of fused-ring (bicyclic) bond motifs is 1. The van der Waals surface area contributed by atoms with E-state index in [4.69, 9.17) is 5.73 Å². The highest BCUT2D eigenvalue weighted by Gasteiger charge is 2.16. The van der Waals surface area contributed by atoms with Gasteiger partial charge in [0.15, 0.2) is 0 Å². The van der Waals surface area contributed by atoms with E-state index >= 15 is 0 Å². The van der Waals surface area contributed by atoms with Gasteiger partial charge in [-0.3, -0.25) is 4.57 Å². The average Bonchev–Trinajstić information content (AvgIpc) is 2.65. The number of benzene rings is 2. The molecular weight excluding hydrogens is 377 g/mol. The summed E-state index contributed by atoms with van der Waals surface area (Å²) in [6.07, 6.45) is 0. The molecule has 0 bridgehead atoms. The maximum atomic E-state index is 14.1. The fourth-order valence-electron chi connectivity index (χ4n) is 2.01. The zero-order valence-corrected chi connectivity index (χ0v) is 12.7. The molecule has 0 aliphatic rings. The molecule has 0 fully saturated rings. The predicted molar refractivity (Wildman–Crippen MR) is 80.8 cm³/mol. The van der Waals surface area contributed by atoms with Crippen molar-refractivity contribution >= 4 is 48.8 Å². The smallest absolute Gasteiger partial charge is 0.206 e. The third-order valence-electron chi connectivity index (χ3n) is 2.80. The van der Waals surface area contributed by atoms with Crippen molar-refractivity contribution in [1.82, 2.24) is 9.55 Å². The third kappa shape index (κ3) is 2.04. The first-order valence-corrected chi connectivity index (χ1v) is 7.04. The fourth-order valence-corrected chi connectivity index (χ4v) is 2.88. The standard InChI is InChI=1S/C13H8Br2FN3/c14-7-4-5-11-10(6-7)18-13(17)19(11)12-8(15)2-1-3-9(12)16/h1-6H,(H2,17,18). The SMILES string of the molecule is Nc1nc2cc(Br)ccc2n1-c1c(F)cccc1Br. The highest BCUT2D eigenvalue weighted by Crippen LogP contribution is 2.31. The Bertz CT molecular complexity index is 763. The van der Waals surface area contributed by atoms with Gasteiger partial charge in [0.05, 0.1) is 16.7 Å². The molecule has 0 aliphatic heterocycles. The molecule has 0 saturated heterocycles. The number of hydrogen-bond donors (Lipinski definition) is 1. The van der Waals surface area contributed by atoms with Crippen molar-refractivity contribution in [2.75, 3.05) is 5.73 Å². The van der Waals surface area contributed by atoms with Crippen molar-refractivity contribution in [3.63, 3.8) is 0 Å². The maximum Gasteiger partial charge on any atom is 0.206 e. The Labute approximate surface area is 125 Å². The molecule has 96 valence electrons. The van der Waals surface area contributed by atoms with Gasteiger partial charge in [-0.1, -0.05) is 22.0 Å². The van der Waals surface area contributed by atoms with Crippen molar-refractivity contribution in [2.45, 2.75) is 0 Å². The molecule has 0 amide bonds. The van der Waals surface area contributed by atoms with Crippen LogP contribution in [-0.4, -0.2) is 9.55 Å². The first-order chi connectivity index (χ1) is 9.08. The Hall–Kier alpha value is -1.40. The van der Waals surface area contributed by atoms with Crippen LogP contribution in [-0.2, 0) is 0 Å². The number of nitrogens with two attached hydrogens (primary N) is 1. The van der Waals surface area contributed by atoms with Gasteiger partial charge in [0.25, 0.3) is 0 Å². The van der Waals surface area contributed by atoms with Gasteiger partial charge in [0.1, 0.15) is 5.82 Å². The Balaban J connectivity index is 2.40. The van der Waals surface area contributed by atoms with E-state index in [9.17, 15) is 4.39 Å². The zero-order chi connectivity index (χ0) is 13.6. The van der Waals surface area contributed by atoms with E-state index in [1.165, 1.54) is 6.07 Å². The van der Waals surface area contributed by atoms with Crippen LogP contribution in [0.3, 0.4) is 0 Å². The number of rotatable bonds is 1. The number of nitrogen functional groups attached to an aromatic ring is 1. The first-order valence-electron chi connectivity index (χ1n) is 5.46. The molecule has 3 aromatic rings. The predicted octanol–water partition coefficient (Wildman–Crippen LogP) is 4.27. The number of aromatic nitrogens is 2. The Kier molecular flexibility index (Phi) is 3.06. The molecule has 6 heteroatoms. The zero-order valence-electron chi connectivity index (χ0n) is 9.57. The van der Waals surface area contributed by atoms with Crippen LogP contribution in [0.15, 0.2) is 45.3 Å². The lowest BCUT2D eigenvalue weighted by Gasteiger charge is -2.10. The molecule has 3 rings (SSSR count). The molecule has 0 spiro atoms.